The number of nitrogens with one attached hydrogen (secondary N) is 1. The third kappa shape index (κ3) is 2.84. The van der Waals surface area contributed by atoms with Crippen molar-refractivity contribution in [2.45, 2.75) is 26.7 Å². The van der Waals surface area contributed by atoms with Gasteiger partial charge in [0.15, 0.2) is 0 Å². The summed E-state index contributed by atoms with van der Waals surface area (Å²) in [5.74, 6) is 1.81. The average Bonchev–Trinajstić information content (AvgIpc) is 3.22. The minimum absolute atomic E-state index is 0.199. The smallest absolute Gasteiger partial charge is 0.260 e. The van der Waals surface area contributed by atoms with Crippen LogP contribution in [-0.2, 0) is 0 Å². The van der Waals surface area contributed by atoms with Gasteiger partial charge in [-0.05, 0) is 38.8 Å². The van der Waals surface area contributed by atoms with Gasteiger partial charge in [0.05, 0.1) is 10.9 Å². The lowest BCUT2D eigenvalue weighted by atomic mass is 10.1. The maximum Gasteiger partial charge on any atom is 0.260 e. The number of furan rings is 1. The Morgan fingerprint density at radius 1 is 1.12 bits per heavy atom. The van der Waals surface area contributed by atoms with E-state index in [0.717, 1.165) is 37.4 Å². The second-order valence-electron chi connectivity index (χ2n) is 6.32. The van der Waals surface area contributed by atoms with Crippen molar-refractivity contribution in [2.75, 3.05) is 23.3 Å². The van der Waals surface area contributed by atoms with Gasteiger partial charge < -0.3 is 14.6 Å². The topological polar surface area (TPSA) is 71.3 Å². The molecule has 3 heterocycles. The SMILES string of the molecule is Cc1nc(N2CCCC2)c2c(C(=O)Nc3ccccc3)c(C)oc2n1. The number of para-hydroxylation sites is 1. The summed E-state index contributed by atoms with van der Waals surface area (Å²) in [6.45, 7) is 5.52. The van der Waals surface area contributed by atoms with Gasteiger partial charge in [-0.15, -0.1) is 0 Å². The second kappa shape index (κ2) is 6.20. The molecule has 6 nitrogen and oxygen atoms in total. The molecule has 25 heavy (non-hydrogen) atoms. The zero-order valence-corrected chi connectivity index (χ0v) is 14.4. The molecule has 0 aliphatic carbocycles. The van der Waals surface area contributed by atoms with E-state index in [9.17, 15) is 4.79 Å². The van der Waals surface area contributed by atoms with Gasteiger partial charge >= 0.3 is 0 Å². The number of nitrogens with zero attached hydrogens (tertiary/aromatic N) is 3. The van der Waals surface area contributed by atoms with Crippen LogP contribution in [0.2, 0.25) is 0 Å². The van der Waals surface area contributed by atoms with Gasteiger partial charge in [0, 0.05) is 18.8 Å². The molecule has 4 rings (SSSR count). The summed E-state index contributed by atoms with van der Waals surface area (Å²) in [4.78, 5) is 24.1. The number of hydrogen-bond donors (Lipinski definition) is 1. The fourth-order valence-electron chi connectivity index (χ4n) is 3.34. The van der Waals surface area contributed by atoms with Crippen LogP contribution >= 0.6 is 0 Å². The van der Waals surface area contributed by atoms with Gasteiger partial charge in [-0.3, -0.25) is 4.79 Å². The molecule has 3 aromatic rings. The summed E-state index contributed by atoms with van der Waals surface area (Å²) in [6, 6.07) is 9.40. The number of hydrogen-bond acceptors (Lipinski definition) is 5. The van der Waals surface area contributed by atoms with Crippen LogP contribution in [0.25, 0.3) is 11.1 Å². The lowest BCUT2D eigenvalue weighted by Crippen LogP contribution is -2.21. The molecule has 0 bridgehead atoms. The van der Waals surface area contributed by atoms with Gasteiger partial charge in [-0.25, -0.2) is 4.98 Å². The Bertz CT molecular complexity index is 927. The number of rotatable bonds is 3. The monoisotopic (exact) mass is 336 g/mol. The van der Waals surface area contributed by atoms with Crippen molar-refractivity contribution in [1.29, 1.82) is 0 Å². The average molecular weight is 336 g/mol. The standard InChI is InChI=1S/C19H20N4O2/c1-12-15(18(24)22-14-8-4-3-5-9-14)16-17(23-10-6-7-11-23)20-13(2)21-19(16)25-12/h3-5,8-9H,6-7,10-11H2,1-2H3,(H,22,24). The van der Waals surface area contributed by atoms with E-state index in [1.165, 1.54) is 0 Å². The molecule has 1 aliphatic rings. The molecule has 6 heteroatoms. The Labute approximate surface area is 145 Å². The molecule has 0 saturated carbocycles. The number of aryl methyl sites for hydroxylation is 2. The van der Waals surface area contributed by atoms with Gasteiger partial charge in [-0.1, -0.05) is 18.2 Å². The van der Waals surface area contributed by atoms with Crippen molar-refractivity contribution in [2.24, 2.45) is 0 Å². The predicted molar refractivity (Wildman–Crippen MR) is 97.1 cm³/mol. The summed E-state index contributed by atoms with van der Waals surface area (Å²) in [5, 5.41) is 3.64. The van der Waals surface area contributed by atoms with Crippen LogP contribution in [0.5, 0.6) is 0 Å². The van der Waals surface area contributed by atoms with Crippen LogP contribution in [0, 0.1) is 13.8 Å². The van der Waals surface area contributed by atoms with Crippen molar-refractivity contribution in [3.8, 4) is 0 Å². The highest BCUT2D eigenvalue weighted by Gasteiger charge is 2.27. The molecule has 1 amide bonds. The highest BCUT2D eigenvalue weighted by atomic mass is 16.3. The zero-order valence-electron chi connectivity index (χ0n) is 14.4. The molecule has 0 atom stereocenters. The molecule has 1 saturated heterocycles. The molecule has 1 N–H and O–H groups in total. The molecular weight excluding hydrogens is 316 g/mol. The molecule has 128 valence electrons. The molecule has 0 unspecified atom stereocenters. The van der Waals surface area contributed by atoms with Crippen LogP contribution in [0.3, 0.4) is 0 Å². The number of carbonyl (C=O) groups excluding carboxylic acids is 1. The second-order valence-corrected chi connectivity index (χ2v) is 6.32. The number of aromatic nitrogens is 2. The van der Waals surface area contributed by atoms with Crippen molar-refractivity contribution in [1.82, 2.24) is 9.97 Å². The Balaban J connectivity index is 1.82. The maximum atomic E-state index is 12.9. The van der Waals surface area contributed by atoms with Gasteiger partial charge in [0.2, 0.25) is 5.71 Å². The number of fused-ring (bicyclic) bond motifs is 1. The molecule has 0 radical (unpaired) electrons. The fourth-order valence-corrected chi connectivity index (χ4v) is 3.34. The molecule has 0 spiro atoms. The Kier molecular flexibility index (Phi) is 3.87. The van der Waals surface area contributed by atoms with E-state index in [2.05, 4.69) is 20.2 Å². The lowest BCUT2D eigenvalue weighted by molar-refractivity contribution is 0.102. The largest absolute Gasteiger partial charge is 0.442 e. The summed E-state index contributed by atoms with van der Waals surface area (Å²) in [5.41, 5.74) is 1.74. The molecule has 1 aromatic carbocycles. The van der Waals surface area contributed by atoms with Crippen molar-refractivity contribution in [3.63, 3.8) is 0 Å². The third-order valence-electron chi connectivity index (χ3n) is 4.48. The predicted octanol–water partition coefficient (Wildman–Crippen LogP) is 3.69. The number of amides is 1. The Hall–Kier alpha value is -2.89. The number of anilines is 2. The van der Waals surface area contributed by atoms with Crippen molar-refractivity contribution >= 4 is 28.5 Å². The van der Waals surface area contributed by atoms with E-state index in [-0.39, 0.29) is 5.91 Å². The van der Waals surface area contributed by atoms with Crippen molar-refractivity contribution in [3.05, 3.63) is 47.5 Å². The summed E-state index contributed by atoms with van der Waals surface area (Å²) in [6.07, 6.45) is 2.26. The number of benzene rings is 1. The molecule has 1 aliphatic heterocycles. The fraction of sp³-hybridized carbons (Fsp3) is 0.316. The maximum absolute atomic E-state index is 12.9. The van der Waals surface area contributed by atoms with Crippen molar-refractivity contribution < 1.29 is 9.21 Å². The highest BCUT2D eigenvalue weighted by Crippen LogP contribution is 2.33. The Morgan fingerprint density at radius 3 is 2.56 bits per heavy atom. The summed E-state index contributed by atoms with van der Waals surface area (Å²) in [7, 11) is 0. The van der Waals surface area contributed by atoms with Gasteiger partial charge in [0.1, 0.15) is 17.4 Å². The van der Waals surface area contributed by atoms with Gasteiger partial charge in [0.25, 0.3) is 5.91 Å². The highest BCUT2D eigenvalue weighted by molar-refractivity contribution is 6.15. The first-order chi connectivity index (χ1) is 12.1. The van der Waals surface area contributed by atoms with E-state index in [1.54, 1.807) is 6.92 Å². The summed E-state index contributed by atoms with van der Waals surface area (Å²) >= 11 is 0. The van der Waals surface area contributed by atoms with E-state index >= 15 is 0 Å². The quantitative estimate of drug-likeness (QED) is 0.790. The van der Waals surface area contributed by atoms with Crippen LogP contribution in [0.1, 0.15) is 34.8 Å². The lowest BCUT2D eigenvalue weighted by Gasteiger charge is -2.18. The summed E-state index contributed by atoms with van der Waals surface area (Å²) < 4.78 is 5.80. The van der Waals surface area contributed by atoms with Crippen LogP contribution in [-0.4, -0.2) is 29.0 Å². The van der Waals surface area contributed by atoms with Crippen LogP contribution in [0.4, 0.5) is 11.5 Å². The molecular formula is C19H20N4O2. The molecule has 2 aromatic heterocycles. The minimum Gasteiger partial charge on any atom is -0.442 e. The Morgan fingerprint density at radius 2 is 1.84 bits per heavy atom. The zero-order chi connectivity index (χ0) is 17.4. The molecule has 1 fully saturated rings. The first-order valence-electron chi connectivity index (χ1n) is 8.52. The van der Waals surface area contributed by atoms with Gasteiger partial charge in [-0.2, -0.15) is 4.98 Å². The number of carbonyl (C=O) groups is 1. The van der Waals surface area contributed by atoms with E-state index in [1.807, 2.05) is 37.3 Å². The first kappa shape index (κ1) is 15.6. The van der Waals surface area contributed by atoms with E-state index < -0.39 is 0 Å². The van der Waals surface area contributed by atoms with Crippen LogP contribution < -0.4 is 10.2 Å². The van der Waals surface area contributed by atoms with E-state index in [4.69, 9.17) is 4.42 Å². The van der Waals surface area contributed by atoms with Crippen LogP contribution in [0.15, 0.2) is 34.7 Å². The van der Waals surface area contributed by atoms with E-state index in [0.29, 0.717) is 28.2 Å². The first-order valence-corrected chi connectivity index (χ1v) is 8.52. The minimum atomic E-state index is -0.199. The normalized spacial score (nSPS) is 14.2. The third-order valence-corrected chi connectivity index (χ3v) is 4.48.